The normalized spacial score (nSPS) is 21.0. The second-order valence-electron chi connectivity index (χ2n) is 5.29. The van der Waals surface area contributed by atoms with Crippen molar-refractivity contribution in [1.82, 2.24) is 9.97 Å². The quantitative estimate of drug-likeness (QED) is 0.834. The average molecular weight is 235 g/mol. The molecule has 2 N–H and O–H groups in total. The number of anilines is 1. The standard InChI is InChI=1S/C12H17N3O2/c1-7-4-9(10(16)17)15-11(14-7)13-6-8-5-12(8,2)3/h4,8H,5-6H2,1-3H3,(H,16,17)(H,13,14,15). The van der Waals surface area contributed by atoms with Crippen molar-refractivity contribution in [2.75, 3.05) is 11.9 Å². The smallest absolute Gasteiger partial charge is 0.354 e. The first-order chi connectivity index (χ1) is 7.88. The van der Waals surface area contributed by atoms with Gasteiger partial charge in [0.05, 0.1) is 0 Å². The lowest BCUT2D eigenvalue weighted by atomic mass is 10.1. The lowest BCUT2D eigenvalue weighted by molar-refractivity contribution is 0.0690. The molecule has 92 valence electrons. The molecule has 0 aromatic carbocycles. The SMILES string of the molecule is Cc1cc(C(=O)O)nc(NCC2CC2(C)C)n1. The summed E-state index contributed by atoms with van der Waals surface area (Å²) in [5.41, 5.74) is 1.09. The fraction of sp³-hybridized carbons (Fsp3) is 0.583. The fourth-order valence-electron chi connectivity index (χ4n) is 1.90. The molecule has 0 radical (unpaired) electrons. The lowest BCUT2D eigenvalue weighted by Gasteiger charge is -2.07. The maximum Gasteiger partial charge on any atom is 0.354 e. The van der Waals surface area contributed by atoms with E-state index in [1.165, 1.54) is 12.5 Å². The van der Waals surface area contributed by atoms with Crippen molar-refractivity contribution in [3.05, 3.63) is 17.5 Å². The zero-order valence-corrected chi connectivity index (χ0v) is 10.3. The molecule has 1 unspecified atom stereocenters. The van der Waals surface area contributed by atoms with Crippen LogP contribution < -0.4 is 5.32 Å². The molecule has 1 aliphatic carbocycles. The highest BCUT2D eigenvalue weighted by molar-refractivity contribution is 5.85. The van der Waals surface area contributed by atoms with Gasteiger partial charge in [-0.15, -0.1) is 0 Å². The molecule has 1 aliphatic rings. The van der Waals surface area contributed by atoms with E-state index in [0.717, 1.165) is 6.54 Å². The van der Waals surface area contributed by atoms with E-state index in [1.807, 2.05) is 0 Å². The number of hydrogen-bond acceptors (Lipinski definition) is 4. The van der Waals surface area contributed by atoms with E-state index in [-0.39, 0.29) is 5.69 Å². The van der Waals surface area contributed by atoms with Gasteiger partial charge >= 0.3 is 5.97 Å². The Morgan fingerprint density at radius 1 is 1.59 bits per heavy atom. The Balaban J connectivity index is 2.03. The second-order valence-corrected chi connectivity index (χ2v) is 5.29. The number of nitrogens with one attached hydrogen (secondary N) is 1. The third-order valence-corrected chi connectivity index (χ3v) is 3.30. The zero-order valence-electron chi connectivity index (χ0n) is 10.3. The molecule has 1 aromatic heterocycles. The molecule has 5 nitrogen and oxygen atoms in total. The van der Waals surface area contributed by atoms with Crippen LogP contribution in [0.3, 0.4) is 0 Å². The largest absolute Gasteiger partial charge is 0.477 e. The maximum atomic E-state index is 10.8. The number of carbonyl (C=O) groups is 1. The Kier molecular flexibility index (Phi) is 2.77. The van der Waals surface area contributed by atoms with E-state index in [9.17, 15) is 4.79 Å². The molecule has 0 saturated heterocycles. The summed E-state index contributed by atoms with van der Waals surface area (Å²) in [4.78, 5) is 19.0. The third-order valence-electron chi connectivity index (χ3n) is 3.30. The van der Waals surface area contributed by atoms with E-state index in [4.69, 9.17) is 5.11 Å². The predicted octanol–water partition coefficient (Wildman–Crippen LogP) is 1.94. The third kappa shape index (κ3) is 2.72. The molecule has 1 heterocycles. The van der Waals surface area contributed by atoms with Crippen molar-refractivity contribution >= 4 is 11.9 Å². The van der Waals surface area contributed by atoms with E-state index in [0.29, 0.717) is 23.0 Å². The highest BCUT2D eigenvalue weighted by Gasteiger charge is 2.45. The zero-order chi connectivity index (χ0) is 12.6. The average Bonchev–Trinajstić information content (AvgIpc) is 2.83. The monoisotopic (exact) mass is 235 g/mol. The van der Waals surface area contributed by atoms with E-state index in [2.05, 4.69) is 29.1 Å². The molecule has 5 heteroatoms. The summed E-state index contributed by atoms with van der Waals surface area (Å²) < 4.78 is 0. The van der Waals surface area contributed by atoms with Crippen LogP contribution in [0.25, 0.3) is 0 Å². The van der Waals surface area contributed by atoms with Gasteiger partial charge in [-0.3, -0.25) is 0 Å². The number of aromatic carboxylic acids is 1. The summed E-state index contributed by atoms with van der Waals surface area (Å²) in [6.07, 6.45) is 1.19. The van der Waals surface area contributed by atoms with Crippen LogP contribution in [0.1, 0.15) is 36.5 Å². The number of rotatable bonds is 4. The van der Waals surface area contributed by atoms with Crippen molar-refractivity contribution in [3.8, 4) is 0 Å². The van der Waals surface area contributed by atoms with Crippen molar-refractivity contribution < 1.29 is 9.90 Å². The highest BCUT2D eigenvalue weighted by Crippen LogP contribution is 2.51. The predicted molar refractivity (Wildman–Crippen MR) is 64.1 cm³/mol. The van der Waals surface area contributed by atoms with Gasteiger partial charge in [-0.1, -0.05) is 13.8 Å². The van der Waals surface area contributed by atoms with Crippen LogP contribution in [-0.2, 0) is 0 Å². The molecule has 1 aromatic rings. The fourth-order valence-corrected chi connectivity index (χ4v) is 1.90. The van der Waals surface area contributed by atoms with Crippen LogP contribution in [-0.4, -0.2) is 27.6 Å². The van der Waals surface area contributed by atoms with Crippen LogP contribution in [0, 0.1) is 18.3 Å². The van der Waals surface area contributed by atoms with Gasteiger partial charge in [0.25, 0.3) is 0 Å². The minimum atomic E-state index is -1.02. The van der Waals surface area contributed by atoms with Gasteiger partial charge in [0, 0.05) is 12.2 Å². The van der Waals surface area contributed by atoms with Crippen molar-refractivity contribution in [2.45, 2.75) is 27.2 Å². The van der Waals surface area contributed by atoms with Gasteiger partial charge in [0.2, 0.25) is 5.95 Å². The van der Waals surface area contributed by atoms with Crippen molar-refractivity contribution in [1.29, 1.82) is 0 Å². The molecule has 1 saturated carbocycles. The molecule has 0 bridgehead atoms. The first kappa shape index (κ1) is 11.8. The van der Waals surface area contributed by atoms with Gasteiger partial charge in [0.1, 0.15) is 0 Å². The molecular formula is C12H17N3O2. The van der Waals surface area contributed by atoms with Crippen LogP contribution in [0.2, 0.25) is 0 Å². The molecule has 0 aliphatic heterocycles. The Morgan fingerprint density at radius 2 is 2.24 bits per heavy atom. The van der Waals surface area contributed by atoms with Gasteiger partial charge in [-0.2, -0.15) is 0 Å². The molecule has 0 spiro atoms. The van der Waals surface area contributed by atoms with Crippen LogP contribution in [0.15, 0.2) is 6.07 Å². The Morgan fingerprint density at radius 3 is 2.76 bits per heavy atom. The summed E-state index contributed by atoms with van der Waals surface area (Å²) in [6.45, 7) is 7.01. The number of nitrogens with zero attached hydrogens (tertiary/aromatic N) is 2. The van der Waals surface area contributed by atoms with Crippen LogP contribution >= 0.6 is 0 Å². The van der Waals surface area contributed by atoms with Gasteiger partial charge in [-0.25, -0.2) is 14.8 Å². The summed E-state index contributed by atoms with van der Waals surface area (Å²) >= 11 is 0. The van der Waals surface area contributed by atoms with E-state index >= 15 is 0 Å². The maximum absolute atomic E-state index is 10.8. The first-order valence-electron chi connectivity index (χ1n) is 5.71. The Hall–Kier alpha value is -1.65. The minimum Gasteiger partial charge on any atom is -0.477 e. The Bertz CT molecular complexity index is 457. The molecule has 0 amide bonds. The van der Waals surface area contributed by atoms with Crippen molar-refractivity contribution in [3.63, 3.8) is 0 Å². The molecule has 1 atom stereocenters. The van der Waals surface area contributed by atoms with Gasteiger partial charge in [0.15, 0.2) is 5.69 Å². The number of hydrogen-bond donors (Lipinski definition) is 2. The molecule has 17 heavy (non-hydrogen) atoms. The second kappa shape index (κ2) is 3.98. The van der Waals surface area contributed by atoms with Crippen LogP contribution in [0.4, 0.5) is 5.95 Å². The first-order valence-corrected chi connectivity index (χ1v) is 5.71. The van der Waals surface area contributed by atoms with Gasteiger partial charge in [-0.05, 0) is 30.7 Å². The van der Waals surface area contributed by atoms with E-state index in [1.54, 1.807) is 6.92 Å². The lowest BCUT2D eigenvalue weighted by Crippen LogP contribution is -2.12. The summed E-state index contributed by atoms with van der Waals surface area (Å²) in [7, 11) is 0. The van der Waals surface area contributed by atoms with E-state index < -0.39 is 5.97 Å². The molecule has 1 fully saturated rings. The summed E-state index contributed by atoms with van der Waals surface area (Å²) in [5, 5.41) is 12.0. The summed E-state index contributed by atoms with van der Waals surface area (Å²) in [6, 6.07) is 1.47. The van der Waals surface area contributed by atoms with Crippen molar-refractivity contribution in [2.24, 2.45) is 11.3 Å². The number of aromatic nitrogens is 2. The number of carboxylic acids is 1. The van der Waals surface area contributed by atoms with Gasteiger partial charge < -0.3 is 10.4 Å². The number of carboxylic acid groups (broad SMARTS) is 1. The topological polar surface area (TPSA) is 75.1 Å². The highest BCUT2D eigenvalue weighted by atomic mass is 16.4. The Labute approximate surface area is 100 Å². The summed E-state index contributed by atoms with van der Waals surface area (Å²) in [5.74, 6) is 0.00953. The minimum absolute atomic E-state index is 0.0371. The molecular weight excluding hydrogens is 218 g/mol. The number of aryl methyl sites for hydroxylation is 1. The van der Waals surface area contributed by atoms with Crippen LogP contribution in [0.5, 0.6) is 0 Å². The molecule has 2 rings (SSSR count).